The number of aliphatic hydroxyl groups is 2. The van der Waals surface area contributed by atoms with Gasteiger partial charge in [0, 0.05) is 40.4 Å². The molecule has 10 atom stereocenters. The maximum Gasteiger partial charge on any atom is 0.328 e. The smallest absolute Gasteiger partial charge is 0.328 e. The first-order chi connectivity index (χ1) is 35.0. The third kappa shape index (κ3) is 18.2. The summed E-state index contributed by atoms with van der Waals surface area (Å²) in [6.07, 6.45) is -0.743. The maximum absolute atomic E-state index is 14.7. The van der Waals surface area contributed by atoms with Crippen LogP contribution in [0.2, 0.25) is 0 Å². The second-order valence-electron chi connectivity index (χ2n) is 18.6. The standard InChI is InChI=1S/C51H70N10O11S2/c1-28(62)40(48(69)61-42(51(3,4)74)49(70)60-41(29(2)63)50(71)72)59-44(65)36(21-13-14-22-52)55-46(67)38(25-32-26-54-35-20-12-11-19-33(32)35)57-45(66)37(24-31-17-9-6-10-18-31)56-47(68)39(27-73)58-43(64)34(53)23-30-15-7-5-8-16-30/h5-12,15-20,26,28-29,34,36-42,54,62-63,73-74H,13-14,21-25,27,52-53H2,1-4H3,(H,55,67)(H,56,68)(H,57,66)(H,58,64)(H,59,65)(H,60,70)(H,61,69)(H,71,72)/t28-,29-,34-,36+,37+,38-,39+,40+,41+,42-/m1/s1. The summed E-state index contributed by atoms with van der Waals surface area (Å²) in [5, 5.41) is 49.0. The van der Waals surface area contributed by atoms with E-state index in [2.05, 4.69) is 67.5 Å². The summed E-state index contributed by atoms with van der Waals surface area (Å²) in [6.45, 7) is 5.48. The predicted molar refractivity (Wildman–Crippen MR) is 285 cm³/mol. The van der Waals surface area contributed by atoms with Gasteiger partial charge in [-0.2, -0.15) is 25.3 Å². The number of hydrogen-bond donors (Lipinski definition) is 15. The number of thiol groups is 2. The summed E-state index contributed by atoms with van der Waals surface area (Å²) in [5.41, 5.74) is 14.8. The highest BCUT2D eigenvalue weighted by Crippen LogP contribution is 2.21. The van der Waals surface area contributed by atoms with Crippen LogP contribution in [0.25, 0.3) is 10.9 Å². The number of benzene rings is 3. The molecule has 0 spiro atoms. The molecule has 0 saturated carbocycles. The Morgan fingerprint density at radius 2 is 1.08 bits per heavy atom. The topological polar surface area (TPSA) is 349 Å². The van der Waals surface area contributed by atoms with Crippen molar-refractivity contribution in [2.75, 3.05) is 12.3 Å². The maximum atomic E-state index is 14.7. The Morgan fingerprint density at radius 3 is 1.62 bits per heavy atom. The molecule has 0 fully saturated rings. The van der Waals surface area contributed by atoms with Gasteiger partial charge < -0.3 is 69.0 Å². The summed E-state index contributed by atoms with van der Waals surface area (Å²) in [4.78, 5) is 113. The van der Waals surface area contributed by atoms with Gasteiger partial charge in [-0.3, -0.25) is 33.6 Å². The highest BCUT2D eigenvalue weighted by molar-refractivity contribution is 7.81. The molecule has 74 heavy (non-hydrogen) atoms. The molecular formula is C51H70N10O11S2. The van der Waals surface area contributed by atoms with E-state index in [0.29, 0.717) is 24.0 Å². The minimum Gasteiger partial charge on any atom is -0.480 e. The van der Waals surface area contributed by atoms with E-state index in [-0.39, 0.29) is 38.0 Å². The fraction of sp³-hybridized carbons (Fsp3) is 0.451. The number of para-hydroxylation sites is 1. The number of carbonyl (C=O) groups is 8. The Kier molecular flexibility index (Phi) is 23.4. The molecule has 0 bridgehead atoms. The number of fused-ring (bicyclic) bond motifs is 1. The molecule has 3 aromatic carbocycles. The fourth-order valence-corrected chi connectivity index (χ4v) is 8.32. The number of aliphatic carboxylic acids is 1. The largest absolute Gasteiger partial charge is 0.480 e. The molecule has 1 heterocycles. The molecule has 4 rings (SSSR count). The molecule has 15 N–H and O–H groups in total. The molecular weight excluding hydrogens is 993 g/mol. The Hall–Kier alpha value is -6.50. The van der Waals surface area contributed by atoms with Gasteiger partial charge >= 0.3 is 5.97 Å². The van der Waals surface area contributed by atoms with E-state index in [1.165, 1.54) is 20.8 Å². The first kappa shape index (κ1) is 60.1. The molecule has 0 radical (unpaired) electrons. The highest BCUT2D eigenvalue weighted by atomic mass is 32.1. The van der Waals surface area contributed by atoms with Gasteiger partial charge in [0.05, 0.1) is 18.2 Å². The summed E-state index contributed by atoms with van der Waals surface area (Å²) in [5.74, 6) is -7.75. The number of carbonyl (C=O) groups excluding carboxylic acids is 7. The summed E-state index contributed by atoms with van der Waals surface area (Å²) in [7, 11) is 0. The molecule has 21 nitrogen and oxygen atoms in total. The van der Waals surface area contributed by atoms with Crippen LogP contribution in [0.1, 0.15) is 63.6 Å². The number of aliphatic hydroxyl groups excluding tert-OH is 2. The summed E-state index contributed by atoms with van der Waals surface area (Å²) >= 11 is 8.74. The quantitative estimate of drug-likeness (QED) is 0.0242. The Balaban J connectivity index is 1.63. The highest BCUT2D eigenvalue weighted by Gasteiger charge is 2.40. The lowest BCUT2D eigenvalue weighted by molar-refractivity contribution is -0.145. The third-order valence-electron chi connectivity index (χ3n) is 12.0. The molecule has 1 aromatic heterocycles. The monoisotopic (exact) mass is 1060 g/mol. The zero-order valence-electron chi connectivity index (χ0n) is 41.7. The molecule has 0 aliphatic heterocycles. The van der Waals surface area contributed by atoms with Crippen LogP contribution in [0.4, 0.5) is 0 Å². The van der Waals surface area contributed by atoms with Crippen LogP contribution in [0.15, 0.2) is 91.1 Å². The van der Waals surface area contributed by atoms with Crippen molar-refractivity contribution in [2.45, 2.75) is 132 Å². The van der Waals surface area contributed by atoms with Gasteiger partial charge in [0.25, 0.3) is 0 Å². The van der Waals surface area contributed by atoms with E-state index in [9.17, 15) is 53.7 Å². The Bertz CT molecular complexity index is 2530. The first-order valence-electron chi connectivity index (χ1n) is 24.2. The molecule has 0 unspecified atom stereocenters. The van der Waals surface area contributed by atoms with E-state index < -0.39 is 113 Å². The summed E-state index contributed by atoms with van der Waals surface area (Å²) in [6, 6.07) is 13.7. The van der Waals surface area contributed by atoms with Crippen molar-refractivity contribution in [1.29, 1.82) is 0 Å². The lowest BCUT2D eigenvalue weighted by Gasteiger charge is -2.33. The fourth-order valence-electron chi connectivity index (χ4n) is 7.88. The van der Waals surface area contributed by atoms with Crippen molar-refractivity contribution in [3.05, 3.63) is 108 Å². The van der Waals surface area contributed by atoms with Gasteiger partial charge in [0.15, 0.2) is 6.04 Å². The third-order valence-corrected chi connectivity index (χ3v) is 12.7. The van der Waals surface area contributed by atoms with Gasteiger partial charge in [0.1, 0.15) is 36.3 Å². The number of nitrogens with two attached hydrogens (primary N) is 2. The van der Waals surface area contributed by atoms with Crippen LogP contribution in [0.5, 0.6) is 0 Å². The first-order valence-corrected chi connectivity index (χ1v) is 25.3. The van der Waals surface area contributed by atoms with Crippen molar-refractivity contribution in [3.8, 4) is 0 Å². The second-order valence-corrected chi connectivity index (χ2v) is 20.2. The number of aromatic nitrogens is 1. The number of amides is 7. The molecule has 23 heteroatoms. The van der Waals surface area contributed by atoms with Gasteiger partial charge in [-0.05, 0) is 82.7 Å². The number of carboxylic acid groups (broad SMARTS) is 1. The molecule has 7 amide bonds. The average Bonchev–Trinajstić information content (AvgIpc) is 3.76. The van der Waals surface area contributed by atoms with Gasteiger partial charge in [-0.1, -0.05) is 78.9 Å². The molecule has 0 aliphatic rings. The number of nitrogens with one attached hydrogen (secondary N) is 8. The normalized spacial score (nSPS) is 15.5. The van der Waals surface area contributed by atoms with Crippen molar-refractivity contribution in [1.82, 2.24) is 42.2 Å². The predicted octanol–water partition coefficient (Wildman–Crippen LogP) is -0.470. The van der Waals surface area contributed by atoms with Crippen LogP contribution >= 0.6 is 25.3 Å². The Morgan fingerprint density at radius 1 is 0.595 bits per heavy atom. The number of rotatable bonds is 29. The van der Waals surface area contributed by atoms with E-state index in [1.807, 2.05) is 48.5 Å². The second kappa shape index (κ2) is 28.8. The van der Waals surface area contributed by atoms with Crippen LogP contribution in [-0.4, -0.2) is 145 Å². The minimum atomic E-state index is -1.75. The molecule has 402 valence electrons. The zero-order chi connectivity index (χ0) is 54.7. The number of hydrogen-bond acceptors (Lipinski definition) is 14. The number of carboxylic acids is 1. The molecule has 4 aromatic rings. The van der Waals surface area contributed by atoms with Crippen LogP contribution in [0, 0.1) is 0 Å². The number of aromatic amines is 1. The molecule has 0 saturated heterocycles. The van der Waals surface area contributed by atoms with Crippen LogP contribution in [-0.2, 0) is 57.6 Å². The van der Waals surface area contributed by atoms with Crippen molar-refractivity contribution in [2.24, 2.45) is 11.5 Å². The van der Waals surface area contributed by atoms with E-state index in [0.717, 1.165) is 23.4 Å². The zero-order valence-corrected chi connectivity index (χ0v) is 43.5. The van der Waals surface area contributed by atoms with Gasteiger partial charge in [0.2, 0.25) is 41.4 Å². The lowest BCUT2D eigenvalue weighted by Crippen LogP contribution is -2.64. The number of H-pyrrole nitrogens is 1. The lowest BCUT2D eigenvalue weighted by atomic mass is 9.99. The number of unbranched alkanes of at least 4 members (excludes halogenated alkanes) is 1. The Labute approximate surface area is 440 Å². The van der Waals surface area contributed by atoms with E-state index in [1.54, 1.807) is 42.6 Å². The van der Waals surface area contributed by atoms with Crippen LogP contribution < -0.4 is 48.7 Å². The van der Waals surface area contributed by atoms with E-state index in [4.69, 9.17) is 11.5 Å². The van der Waals surface area contributed by atoms with Crippen LogP contribution in [0.3, 0.4) is 0 Å². The van der Waals surface area contributed by atoms with E-state index >= 15 is 0 Å². The van der Waals surface area contributed by atoms with Crippen molar-refractivity contribution < 1.29 is 53.7 Å². The van der Waals surface area contributed by atoms with Gasteiger partial charge in [-0.25, -0.2) is 4.79 Å². The van der Waals surface area contributed by atoms with Crippen molar-refractivity contribution >= 4 is 83.5 Å². The van der Waals surface area contributed by atoms with Crippen molar-refractivity contribution in [3.63, 3.8) is 0 Å². The van der Waals surface area contributed by atoms with Gasteiger partial charge in [-0.15, -0.1) is 0 Å². The SMILES string of the molecule is C[C@@H](O)[C@H](NC(=O)[C@@H](NC(=O)[C@@H](NC(=O)[C@H](CCCCN)NC(=O)[C@@H](Cc1c[nH]c2ccccc12)NC(=O)[C@H](Cc1ccccc1)NC(=O)[C@H](CS)NC(=O)[C@H](N)Cc1ccccc1)[C@@H](C)O)C(C)(C)S)C(=O)O. The minimum absolute atomic E-state index is 0.0279. The average molecular weight is 1060 g/mol. The molecule has 0 aliphatic carbocycles. The summed E-state index contributed by atoms with van der Waals surface area (Å²) < 4.78 is -1.36.